The first kappa shape index (κ1) is 17.0. The van der Waals surface area contributed by atoms with Gasteiger partial charge in [-0.25, -0.2) is 9.97 Å². The number of hydrogen-bond acceptors (Lipinski definition) is 5. The van der Waals surface area contributed by atoms with Crippen molar-refractivity contribution in [3.8, 4) is 0 Å². The number of hydrogen-bond donors (Lipinski definition) is 2. The predicted molar refractivity (Wildman–Crippen MR) is 97.6 cm³/mol. The van der Waals surface area contributed by atoms with Gasteiger partial charge in [-0.15, -0.1) is 11.3 Å². The van der Waals surface area contributed by atoms with E-state index in [1.807, 2.05) is 44.2 Å². The maximum absolute atomic E-state index is 12.3. The first-order valence-corrected chi connectivity index (χ1v) is 8.71. The SMILES string of the molecule is Cc1nc(C(C)C)sc1C(=O)NNC(=O)c1ccc2ccccc2n1. The molecule has 0 spiro atoms. The van der Waals surface area contributed by atoms with Gasteiger partial charge in [-0.1, -0.05) is 38.1 Å². The molecule has 0 unspecified atom stereocenters. The van der Waals surface area contributed by atoms with E-state index in [-0.39, 0.29) is 17.5 Å². The van der Waals surface area contributed by atoms with Crippen LogP contribution in [0.3, 0.4) is 0 Å². The molecule has 128 valence electrons. The summed E-state index contributed by atoms with van der Waals surface area (Å²) in [5.74, 6) is -0.594. The smallest absolute Gasteiger partial charge is 0.266 e. The van der Waals surface area contributed by atoms with E-state index in [4.69, 9.17) is 0 Å². The Kier molecular flexibility index (Phi) is 4.76. The molecule has 3 aromatic rings. The molecule has 0 fully saturated rings. The number of hydrazine groups is 1. The lowest BCUT2D eigenvalue weighted by Crippen LogP contribution is -2.41. The Balaban J connectivity index is 1.69. The van der Waals surface area contributed by atoms with Gasteiger partial charge in [0.05, 0.1) is 16.2 Å². The molecule has 25 heavy (non-hydrogen) atoms. The van der Waals surface area contributed by atoms with Gasteiger partial charge in [-0.3, -0.25) is 20.4 Å². The first-order valence-electron chi connectivity index (χ1n) is 7.89. The number of pyridine rings is 1. The lowest BCUT2D eigenvalue weighted by atomic mass is 10.2. The van der Waals surface area contributed by atoms with Gasteiger partial charge in [-0.05, 0) is 19.1 Å². The predicted octanol–water partition coefficient (Wildman–Crippen LogP) is 3.20. The molecule has 2 heterocycles. The molecule has 1 aromatic carbocycles. The summed E-state index contributed by atoms with van der Waals surface area (Å²) in [6, 6.07) is 11.0. The number of benzene rings is 1. The molecule has 2 N–H and O–H groups in total. The maximum Gasteiger partial charge on any atom is 0.288 e. The summed E-state index contributed by atoms with van der Waals surface area (Å²) < 4.78 is 0. The number of para-hydroxylation sites is 1. The second-order valence-electron chi connectivity index (χ2n) is 5.92. The van der Waals surface area contributed by atoms with Crippen LogP contribution >= 0.6 is 11.3 Å². The zero-order valence-electron chi connectivity index (χ0n) is 14.2. The van der Waals surface area contributed by atoms with Crippen LogP contribution in [0, 0.1) is 6.92 Å². The molecule has 0 aliphatic heterocycles. The Morgan fingerprint density at radius 1 is 1.00 bits per heavy atom. The van der Waals surface area contributed by atoms with Crippen molar-refractivity contribution in [2.45, 2.75) is 26.7 Å². The van der Waals surface area contributed by atoms with Crippen molar-refractivity contribution in [2.75, 3.05) is 0 Å². The summed E-state index contributed by atoms with van der Waals surface area (Å²) in [7, 11) is 0. The minimum atomic E-state index is -0.467. The van der Waals surface area contributed by atoms with E-state index < -0.39 is 5.91 Å². The highest BCUT2D eigenvalue weighted by Crippen LogP contribution is 2.24. The minimum Gasteiger partial charge on any atom is -0.266 e. The lowest BCUT2D eigenvalue weighted by molar-refractivity contribution is 0.0846. The topological polar surface area (TPSA) is 84.0 Å². The molecule has 7 heteroatoms. The standard InChI is InChI=1S/C18H18N4O2S/c1-10(2)18-19-11(3)15(25-18)17(24)22-21-16(23)14-9-8-12-6-4-5-7-13(12)20-14/h4-10H,1-3H3,(H,21,23)(H,22,24). The molecule has 0 aliphatic carbocycles. The molecule has 0 aliphatic rings. The van der Waals surface area contributed by atoms with Crippen LogP contribution in [0.25, 0.3) is 10.9 Å². The van der Waals surface area contributed by atoms with E-state index in [2.05, 4.69) is 20.8 Å². The zero-order chi connectivity index (χ0) is 18.0. The third kappa shape index (κ3) is 3.66. The number of nitrogens with one attached hydrogen (secondary N) is 2. The van der Waals surface area contributed by atoms with Crippen LogP contribution in [0.15, 0.2) is 36.4 Å². The Morgan fingerprint density at radius 2 is 1.72 bits per heavy atom. The van der Waals surface area contributed by atoms with Gasteiger partial charge in [0.1, 0.15) is 10.6 Å². The molecular formula is C18H18N4O2S. The van der Waals surface area contributed by atoms with E-state index in [0.717, 1.165) is 15.9 Å². The zero-order valence-corrected chi connectivity index (χ0v) is 15.0. The average Bonchev–Trinajstić information content (AvgIpc) is 3.01. The number of aromatic nitrogens is 2. The van der Waals surface area contributed by atoms with Gasteiger partial charge < -0.3 is 0 Å². The number of fused-ring (bicyclic) bond motifs is 1. The molecule has 0 saturated carbocycles. The summed E-state index contributed by atoms with van der Waals surface area (Å²) >= 11 is 1.33. The fourth-order valence-corrected chi connectivity index (χ4v) is 3.27. The molecule has 0 saturated heterocycles. The number of aryl methyl sites for hydroxylation is 1. The van der Waals surface area contributed by atoms with Gasteiger partial charge in [0.2, 0.25) is 0 Å². The highest BCUT2D eigenvalue weighted by atomic mass is 32.1. The van der Waals surface area contributed by atoms with Crippen molar-refractivity contribution in [1.82, 2.24) is 20.8 Å². The van der Waals surface area contributed by atoms with Crippen LogP contribution < -0.4 is 10.9 Å². The number of carbonyl (C=O) groups excluding carboxylic acids is 2. The molecule has 0 atom stereocenters. The third-order valence-electron chi connectivity index (χ3n) is 3.63. The average molecular weight is 354 g/mol. The number of amides is 2. The number of carbonyl (C=O) groups is 2. The highest BCUT2D eigenvalue weighted by molar-refractivity contribution is 7.13. The Hall–Kier alpha value is -2.80. The van der Waals surface area contributed by atoms with Crippen LogP contribution in [-0.2, 0) is 0 Å². The minimum absolute atomic E-state index is 0.239. The summed E-state index contributed by atoms with van der Waals surface area (Å²) in [6.07, 6.45) is 0. The summed E-state index contributed by atoms with van der Waals surface area (Å²) in [4.78, 5) is 33.7. The number of rotatable bonds is 3. The molecule has 2 aromatic heterocycles. The van der Waals surface area contributed by atoms with Crippen molar-refractivity contribution in [1.29, 1.82) is 0 Å². The second kappa shape index (κ2) is 6.98. The monoisotopic (exact) mass is 354 g/mol. The Labute approximate surface area is 149 Å². The van der Waals surface area contributed by atoms with Crippen LogP contribution in [0.5, 0.6) is 0 Å². The lowest BCUT2D eigenvalue weighted by Gasteiger charge is -2.07. The van der Waals surface area contributed by atoms with Gasteiger partial charge in [-0.2, -0.15) is 0 Å². The number of nitrogens with zero attached hydrogens (tertiary/aromatic N) is 2. The largest absolute Gasteiger partial charge is 0.288 e. The van der Waals surface area contributed by atoms with Gasteiger partial charge >= 0.3 is 0 Å². The van der Waals surface area contributed by atoms with Gasteiger partial charge in [0, 0.05) is 11.3 Å². The van der Waals surface area contributed by atoms with Crippen molar-refractivity contribution in [3.05, 3.63) is 57.7 Å². The van der Waals surface area contributed by atoms with Gasteiger partial charge in [0.25, 0.3) is 11.8 Å². The van der Waals surface area contributed by atoms with Crippen molar-refractivity contribution < 1.29 is 9.59 Å². The van der Waals surface area contributed by atoms with E-state index in [1.54, 1.807) is 13.0 Å². The summed E-state index contributed by atoms with van der Waals surface area (Å²) in [5, 5.41) is 1.84. The van der Waals surface area contributed by atoms with Crippen molar-refractivity contribution in [3.63, 3.8) is 0 Å². The molecule has 0 radical (unpaired) electrons. The van der Waals surface area contributed by atoms with E-state index >= 15 is 0 Å². The Bertz CT molecular complexity index is 949. The normalized spacial score (nSPS) is 10.9. The van der Waals surface area contributed by atoms with Crippen LogP contribution in [0.4, 0.5) is 0 Å². The Morgan fingerprint density at radius 3 is 2.44 bits per heavy atom. The molecule has 0 bridgehead atoms. The van der Waals surface area contributed by atoms with Crippen LogP contribution in [0.1, 0.15) is 50.6 Å². The third-order valence-corrected chi connectivity index (χ3v) is 5.09. The van der Waals surface area contributed by atoms with E-state index in [0.29, 0.717) is 10.6 Å². The van der Waals surface area contributed by atoms with Crippen LogP contribution in [0.2, 0.25) is 0 Å². The number of thiazole rings is 1. The van der Waals surface area contributed by atoms with Crippen molar-refractivity contribution >= 4 is 34.1 Å². The highest BCUT2D eigenvalue weighted by Gasteiger charge is 2.18. The van der Waals surface area contributed by atoms with Crippen molar-refractivity contribution in [2.24, 2.45) is 0 Å². The van der Waals surface area contributed by atoms with E-state index in [1.165, 1.54) is 11.3 Å². The van der Waals surface area contributed by atoms with Crippen LogP contribution in [-0.4, -0.2) is 21.8 Å². The second-order valence-corrected chi connectivity index (χ2v) is 6.95. The molecule has 2 amide bonds. The first-order chi connectivity index (χ1) is 12.0. The summed E-state index contributed by atoms with van der Waals surface area (Å²) in [6.45, 7) is 5.82. The summed E-state index contributed by atoms with van der Waals surface area (Å²) in [5.41, 5.74) is 6.45. The van der Waals surface area contributed by atoms with E-state index in [9.17, 15) is 9.59 Å². The molecule has 3 rings (SSSR count). The van der Waals surface area contributed by atoms with Gasteiger partial charge in [0.15, 0.2) is 0 Å². The molecular weight excluding hydrogens is 336 g/mol. The fourth-order valence-electron chi connectivity index (χ4n) is 2.30. The quantitative estimate of drug-likeness (QED) is 0.708. The maximum atomic E-state index is 12.3. The molecule has 6 nitrogen and oxygen atoms in total. The fraction of sp³-hybridized carbons (Fsp3) is 0.222.